The van der Waals surface area contributed by atoms with E-state index in [1.165, 1.54) is 13.0 Å². The lowest BCUT2D eigenvalue weighted by Gasteiger charge is -2.02. The van der Waals surface area contributed by atoms with Crippen LogP contribution in [-0.4, -0.2) is 49.9 Å². The summed E-state index contributed by atoms with van der Waals surface area (Å²) in [4.78, 5) is 40.4. The fraction of sp³-hybridized carbons (Fsp3) is 0.182. The molecule has 0 radical (unpaired) electrons. The molecular formula is C22H19N5O7. The molecule has 4 aromatic rings. The number of ketones is 1. The molecular weight excluding hydrogens is 446 g/mol. The van der Waals surface area contributed by atoms with E-state index in [1.54, 1.807) is 31.4 Å². The number of oxazole rings is 1. The van der Waals surface area contributed by atoms with Crippen molar-refractivity contribution in [2.45, 2.75) is 20.1 Å². The van der Waals surface area contributed by atoms with Gasteiger partial charge in [0.25, 0.3) is 11.8 Å². The van der Waals surface area contributed by atoms with Gasteiger partial charge in [-0.2, -0.15) is 9.78 Å². The molecule has 0 bridgehead atoms. The SMILES string of the molecule is COCc1cccc(-c2oc(-c3nn(Cc4ccc(C(C)=O)o4)nc3C(N)=O)nc2C(=O)O)c1. The lowest BCUT2D eigenvalue weighted by Crippen LogP contribution is -2.13. The van der Waals surface area contributed by atoms with Crippen LogP contribution in [0.1, 0.15) is 49.8 Å². The predicted octanol–water partition coefficient (Wildman–Crippen LogP) is 2.39. The molecule has 1 amide bonds. The molecule has 0 aliphatic heterocycles. The average molecular weight is 465 g/mol. The molecule has 1 aromatic carbocycles. The van der Waals surface area contributed by atoms with Gasteiger partial charge in [0.15, 0.2) is 34.4 Å². The van der Waals surface area contributed by atoms with Crippen molar-refractivity contribution >= 4 is 17.7 Å². The molecule has 0 saturated carbocycles. The molecule has 0 saturated heterocycles. The molecule has 3 aromatic heterocycles. The standard InChI is InChI=1S/C22H19N5O7/c1-11(28)15-7-6-14(33-15)9-27-25-16(20(23)29)17(26-27)21-24-18(22(30)31)19(34-21)13-5-3-4-12(8-13)10-32-2/h3-8H,9-10H2,1-2H3,(H2,23,29)(H,30,31). The summed E-state index contributed by atoms with van der Waals surface area (Å²) in [5.41, 5.74) is 5.92. The van der Waals surface area contributed by atoms with Crippen LogP contribution in [0.3, 0.4) is 0 Å². The highest BCUT2D eigenvalue weighted by Crippen LogP contribution is 2.31. The quantitative estimate of drug-likeness (QED) is 0.349. The molecule has 0 atom stereocenters. The number of carbonyl (C=O) groups excluding carboxylic acids is 2. The van der Waals surface area contributed by atoms with Gasteiger partial charge in [0.1, 0.15) is 12.3 Å². The van der Waals surface area contributed by atoms with Crippen LogP contribution in [0.2, 0.25) is 0 Å². The lowest BCUT2D eigenvalue weighted by molar-refractivity contribution is 0.0691. The Morgan fingerprint density at radius 1 is 1.12 bits per heavy atom. The fourth-order valence-corrected chi connectivity index (χ4v) is 3.25. The highest BCUT2D eigenvalue weighted by atomic mass is 16.5. The van der Waals surface area contributed by atoms with Crippen LogP contribution in [0.15, 0.2) is 45.2 Å². The number of nitrogens with zero attached hydrogens (tertiary/aromatic N) is 4. The van der Waals surface area contributed by atoms with Gasteiger partial charge >= 0.3 is 5.97 Å². The number of furan rings is 1. The van der Waals surface area contributed by atoms with E-state index < -0.39 is 11.9 Å². The van der Waals surface area contributed by atoms with Gasteiger partial charge in [0.05, 0.1) is 6.61 Å². The first-order chi connectivity index (χ1) is 16.3. The lowest BCUT2D eigenvalue weighted by atomic mass is 10.1. The smallest absolute Gasteiger partial charge is 0.358 e. The zero-order chi connectivity index (χ0) is 24.4. The third-order valence-corrected chi connectivity index (χ3v) is 4.73. The minimum Gasteiger partial charge on any atom is -0.476 e. The number of carboxylic acid groups (broad SMARTS) is 1. The molecule has 4 rings (SSSR count). The number of benzene rings is 1. The summed E-state index contributed by atoms with van der Waals surface area (Å²) in [6, 6.07) is 9.98. The number of hydrogen-bond acceptors (Lipinski definition) is 9. The summed E-state index contributed by atoms with van der Waals surface area (Å²) in [6.07, 6.45) is 0. The highest BCUT2D eigenvalue weighted by molar-refractivity contribution is 5.97. The monoisotopic (exact) mass is 465 g/mol. The fourth-order valence-electron chi connectivity index (χ4n) is 3.25. The number of nitrogens with two attached hydrogens (primary N) is 1. The van der Waals surface area contributed by atoms with Crippen LogP contribution in [0.25, 0.3) is 22.9 Å². The van der Waals surface area contributed by atoms with Crippen LogP contribution in [0, 0.1) is 0 Å². The number of methoxy groups -OCH3 is 1. The number of primary amides is 1. The van der Waals surface area contributed by atoms with Crippen molar-refractivity contribution in [3.05, 3.63) is 64.9 Å². The number of carboxylic acids is 1. The van der Waals surface area contributed by atoms with E-state index in [9.17, 15) is 19.5 Å². The third-order valence-electron chi connectivity index (χ3n) is 4.73. The number of hydrogen-bond donors (Lipinski definition) is 2. The molecule has 174 valence electrons. The molecule has 3 heterocycles. The number of aromatic carboxylic acids is 1. The third kappa shape index (κ3) is 4.47. The van der Waals surface area contributed by atoms with Gasteiger partial charge in [-0.15, -0.1) is 10.2 Å². The van der Waals surface area contributed by atoms with Crippen LogP contribution in [0.4, 0.5) is 0 Å². The number of aromatic nitrogens is 4. The van der Waals surface area contributed by atoms with Gasteiger partial charge in [0, 0.05) is 19.6 Å². The van der Waals surface area contributed by atoms with E-state index in [0.29, 0.717) is 17.9 Å². The molecule has 12 heteroatoms. The number of rotatable bonds is 9. The maximum atomic E-state index is 12.0. The number of Topliss-reactive ketones (excluding diaryl/α,β-unsaturated/α-hetero) is 1. The number of ether oxygens (including phenoxy) is 1. The minimum absolute atomic E-state index is 0.0218. The number of amides is 1. The van der Waals surface area contributed by atoms with E-state index in [1.807, 2.05) is 6.07 Å². The van der Waals surface area contributed by atoms with Crippen molar-refractivity contribution in [3.63, 3.8) is 0 Å². The molecule has 0 unspecified atom stereocenters. The predicted molar refractivity (Wildman–Crippen MR) is 115 cm³/mol. The molecule has 0 aliphatic rings. The van der Waals surface area contributed by atoms with Gasteiger partial charge < -0.3 is 24.4 Å². The van der Waals surface area contributed by atoms with Crippen molar-refractivity contribution < 1.29 is 33.1 Å². The van der Waals surface area contributed by atoms with Crippen molar-refractivity contribution in [3.8, 4) is 22.9 Å². The zero-order valence-electron chi connectivity index (χ0n) is 18.1. The second-order valence-corrected chi connectivity index (χ2v) is 7.25. The molecule has 0 spiro atoms. The molecule has 0 aliphatic carbocycles. The second kappa shape index (κ2) is 9.11. The Hall–Kier alpha value is -4.58. The van der Waals surface area contributed by atoms with Gasteiger partial charge in [-0.3, -0.25) is 9.59 Å². The van der Waals surface area contributed by atoms with Crippen LogP contribution in [0.5, 0.6) is 0 Å². The Labute approximate surface area is 191 Å². The van der Waals surface area contributed by atoms with Gasteiger partial charge in [0.2, 0.25) is 0 Å². The average Bonchev–Trinajstić information content (AvgIpc) is 3.52. The summed E-state index contributed by atoms with van der Waals surface area (Å²) < 4.78 is 16.3. The summed E-state index contributed by atoms with van der Waals surface area (Å²) >= 11 is 0. The molecule has 3 N–H and O–H groups in total. The number of carbonyl (C=O) groups is 3. The Morgan fingerprint density at radius 3 is 2.56 bits per heavy atom. The van der Waals surface area contributed by atoms with Crippen molar-refractivity contribution in [1.29, 1.82) is 0 Å². The molecule has 0 fully saturated rings. The van der Waals surface area contributed by atoms with E-state index >= 15 is 0 Å². The Morgan fingerprint density at radius 2 is 1.91 bits per heavy atom. The van der Waals surface area contributed by atoms with E-state index in [-0.39, 0.29) is 46.8 Å². The topological polar surface area (TPSA) is 177 Å². The van der Waals surface area contributed by atoms with Gasteiger partial charge in [-0.05, 0) is 23.8 Å². The first-order valence-corrected chi connectivity index (χ1v) is 9.94. The minimum atomic E-state index is -1.33. The maximum absolute atomic E-state index is 12.0. The summed E-state index contributed by atoms with van der Waals surface area (Å²) in [5.74, 6) is -2.24. The summed E-state index contributed by atoms with van der Waals surface area (Å²) in [7, 11) is 1.54. The van der Waals surface area contributed by atoms with Crippen molar-refractivity contribution in [2.24, 2.45) is 5.73 Å². The first kappa shape index (κ1) is 22.6. The summed E-state index contributed by atoms with van der Waals surface area (Å²) in [5, 5.41) is 17.9. The normalized spacial score (nSPS) is 11.0. The second-order valence-electron chi connectivity index (χ2n) is 7.25. The van der Waals surface area contributed by atoms with Gasteiger partial charge in [-0.25, -0.2) is 4.79 Å². The van der Waals surface area contributed by atoms with Crippen LogP contribution >= 0.6 is 0 Å². The largest absolute Gasteiger partial charge is 0.476 e. The first-order valence-electron chi connectivity index (χ1n) is 9.94. The van der Waals surface area contributed by atoms with E-state index in [2.05, 4.69) is 15.2 Å². The highest BCUT2D eigenvalue weighted by Gasteiger charge is 2.28. The Kier molecular flexibility index (Phi) is 6.06. The van der Waals surface area contributed by atoms with Crippen molar-refractivity contribution in [1.82, 2.24) is 20.0 Å². The van der Waals surface area contributed by atoms with E-state index in [4.69, 9.17) is 19.3 Å². The molecule has 12 nitrogen and oxygen atoms in total. The molecule has 34 heavy (non-hydrogen) atoms. The van der Waals surface area contributed by atoms with E-state index in [0.717, 1.165) is 10.4 Å². The van der Waals surface area contributed by atoms with Gasteiger partial charge in [-0.1, -0.05) is 18.2 Å². The van der Waals surface area contributed by atoms with Crippen LogP contribution < -0.4 is 5.73 Å². The van der Waals surface area contributed by atoms with Crippen molar-refractivity contribution in [2.75, 3.05) is 7.11 Å². The summed E-state index contributed by atoms with van der Waals surface area (Å²) in [6.45, 7) is 1.66. The maximum Gasteiger partial charge on any atom is 0.358 e. The van der Waals surface area contributed by atoms with Crippen LogP contribution in [-0.2, 0) is 17.9 Å². The Balaban J connectivity index is 1.75. The Bertz CT molecular complexity index is 1400. The zero-order valence-corrected chi connectivity index (χ0v) is 18.1.